The van der Waals surface area contributed by atoms with Crippen LogP contribution in [0.4, 0.5) is 0 Å². The zero-order chi connectivity index (χ0) is 20.5. The summed E-state index contributed by atoms with van der Waals surface area (Å²) in [5, 5.41) is 14.7. The van der Waals surface area contributed by atoms with Crippen LogP contribution in [-0.4, -0.2) is 28.7 Å². The number of hydrogen-bond donors (Lipinski definition) is 2. The van der Waals surface area contributed by atoms with E-state index >= 15 is 0 Å². The van der Waals surface area contributed by atoms with Crippen molar-refractivity contribution in [1.82, 2.24) is 20.8 Å². The quantitative estimate of drug-likeness (QED) is 0.593. The maximum absolute atomic E-state index is 12.4. The molecule has 2 fully saturated rings. The predicted octanol–water partition coefficient (Wildman–Crippen LogP) is 4.10. The fourth-order valence-corrected chi connectivity index (χ4v) is 3.51. The van der Waals surface area contributed by atoms with Crippen LogP contribution in [0.15, 0.2) is 46.9 Å². The summed E-state index contributed by atoms with van der Waals surface area (Å²) < 4.78 is 5.80. The average molecular weight is 402 g/mol. The number of aryl methyl sites for hydroxylation is 1. The molecule has 0 radical (unpaired) electrons. The summed E-state index contributed by atoms with van der Waals surface area (Å²) >= 11 is 0. The number of nitrogens with zero attached hydrogens (tertiary/aromatic N) is 2. The van der Waals surface area contributed by atoms with Gasteiger partial charge in [0.2, 0.25) is 11.8 Å². The number of aromatic nitrogens is 2. The van der Waals surface area contributed by atoms with E-state index in [0.29, 0.717) is 29.9 Å². The highest BCUT2D eigenvalue weighted by molar-refractivity contribution is 5.96. The van der Waals surface area contributed by atoms with E-state index in [1.807, 2.05) is 42.5 Å². The van der Waals surface area contributed by atoms with Crippen molar-refractivity contribution in [3.63, 3.8) is 0 Å². The Labute approximate surface area is 176 Å². The lowest BCUT2D eigenvalue weighted by Gasteiger charge is -2.10. The van der Waals surface area contributed by atoms with Crippen molar-refractivity contribution in [2.45, 2.75) is 45.2 Å². The molecule has 2 aromatic carbocycles. The van der Waals surface area contributed by atoms with Crippen molar-refractivity contribution in [2.24, 2.45) is 5.92 Å². The summed E-state index contributed by atoms with van der Waals surface area (Å²) in [7, 11) is 0. The molecule has 1 amide bonds. The molecule has 0 spiro atoms. The summed E-state index contributed by atoms with van der Waals surface area (Å²) in [4.78, 5) is 12.4. The zero-order valence-corrected chi connectivity index (χ0v) is 17.1. The highest BCUT2D eigenvalue weighted by Gasteiger charge is 2.24. The van der Waals surface area contributed by atoms with Gasteiger partial charge in [0.15, 0.2) is 0 Å². The first-order valence-electron chi connectivity index (χ1n) is 10.7. The van der Waals surface area contributed by atoms with Gasteiger partial charge in [-0.2, -0.15) is 0 Å². The van der Waals surface area contributed by atoms with Gasteiger partial charge in [0.1, 0.15) is 0 Å². The molecule has 0 bridgehead atoms. The molecule has 1 heterocycles. The van der Waals surface area contributed by atoms with Gasteiger partial charge in [-0.15, -0.1) is 10.2 Å². The van der Waals surface area contributed by atoms with Crippen molar-refractivity contribution >= 4 is 5.91 Å². The number of carbonyl (C=O) groups is 1. The van der Waals surface area contributed by atoms with Gasteiger partial charge in [0.05, 0.1) is 6.54 Å². The van der Waals surface area contributed by atoms with Crippen LogP contribution in [0.3, 0.4) is 0 Å². The van der Waals surface area contributed by atoms with Crippen molar-refractivity contribution in [3.8, 4) is 22.6 Å². The number of carbonyl (C=O) groups excluding carboxylic acids is 1. The lowest BCUT2D eigenvalue weighted by molar-refractivity contribution is 0.0951. The molecule has 0 atom stereocenters. The Morgan fingerprint density at radius 1 is 1.03 bits per heavy atom. The van der Waals surface area contributed by atoms with Crippen LogP contribution in [0.5, 0.6) is 0 Å². The van der Waals surface area contributed by atoms with Gasteiger partial charge in [-0.3, -0.25) is 4.79 Å². The second-order valence-electron chi connectivity index (χ2n) is 8.43. The van der Waals surface area contributed by atoms with E-state index in [1.54, 1.807) is 0 Å². The maximum Gasteiger partial charge on any atom is 0.251 e. The molecular formula is C24H26N4O2. The molecule has 6 heteroatoms. The Bertz CT molecular complexity index is 1050. The van der Waals surface area contributed by atoms with E-state index in [1.165, 1.54) is 12.8 Å². The van der Waals surface area contributed by atoms with Crippen LogP contribution >= 0.6 is 0 Å². The first-order valence-corrected chi connectivity index (χ1v) is 10.7. The van der Waals surface area contributed by atoms with Crippen LogP contribution in [0, 0.1) is 12.8 Å². The monoisotopic (exact) mass is 402 g/mol. The van der Waals surface area contributed by atoms with Crippen LogP contribution < -0.4 is 10.6 Å². The maximum atomic E-state index is 12.4. The van der Waals surface area contributed by atoms with Crippen LogP contribution in [0.25, 0.3) is 22.6 Å². The van der Waals surface area contributed by atoms with E-state index < -0.39 is 0 Å². The van der Waals surface area contributed by atoms with E-state index in [9.17, 15) is 4.79 Å². The third kappa shape index (κ3) is 4.44. The second-order valence-corrected chi connectivity index (χ2v) is 8.43. The minimum absolute atomic E-state index is 0.00375. The standard InChI is InChI=1S/C24H26N4O2/c1-15-2-5-19(23(29)26-20-10-11-20)12-21(15)17-6-8-18(9-7-17)24-28-27-22(30-24)14-25-13-16-3-4-16/h2,5-9,12,16,20,25H,3-4,10-11,13-14H2,1H3,(H,26,29). The summed E-state index contributed by atoms with van der Waals surface area (Å²) in [6.07, 6.45) is 4.81. The fourth-order valence-electron chi connectivity index (χ4n) is 3.51. The molecule has 2 aliphatic carbocycles. The Morgan fingerprint density at radius 2 is 1.80 bits per heavy atom. The second kappa shape index (κ2) is 8.03. The minimum atomic E-state index is 0.00375. The summed E-state index contributed by atoms with van der Waals surface area (Å²) in [5.41, 5.74) is 4.84. The Hall–Kier alpha value is -2.99. The largest absolute Gasteiger partial charge is 0.419 e. The predicted molar refractivity (Wildman–Crippen MR) is 115 cm³/mol. The number of hydrogen-bond acceptors (Lipinski definition) is 5. The van der Waals surface area contributed by atoms with Gasteiger partial charge >= 0.3 is 0 Å². The summed E-state index contributed by atoms with van der Waals surface area (Å²) in [5.74, 6) is 1.96. The fraction of sp³-hybridized carbons (Fsp3) is 0.375. The van der Waals surface area contributed by atoms with Crippen LogP contribution in [0.1, 0.15) is 47.5 Å². The summed E-state index contributed by atoms with van der Waals surface area (Å²) in [6.45, 7) is 3.69. The number of nitrogens with one attached hydrogen (secondary N) is 2. The molecule has 2 saturated carbocycles. The van der Waals surface area contributed by atoms with Gasteiger partial charge in [-0.05, 0) is 86.0 Å². The Morgan fingerprint density at radius 3 is 2.53 bits per heavy atom. The Kier molecular flexibility index (Phi) is 5.09. The van der Waals surface area contributed by atoms with Crippen molar-refractivity contribution in [1.29, 1.82) is 0 Å². The molecule has 6 nitrogen and oxygen atoms in total. The molecule has 0 saturated heterocycles. The van der Waals surface area contributed by atoms with Gasteiger partial charge in [0, 0.05) is 17.2 Å². The summed E-state index contributed by atoms with van der Waals surface area (Å²) in [6, 6.07) is 14.3. The van der Waals surface area contributed by atoms with Crippen LogP contribution in [0.2, 0.25) is 0 Å². The number of benzene rings is 2. The third-order valence-corrected chi connectivity index (χ3v) is 5.73. The third-order valence-electron chi connectivity index (χ3n) is 5.73. The minimum Gasteiger partial charge on any atom is -0.419 e. The SMILES string of the molecule is Cc1ccc(C(=O)NC2CC2)cc1-c1ccc(-c2nnc(CNCC3CC3)o2)cc1. The molecule has 5 rings (SSSR count). The molecule has 154 valence electrons. The lowest BCUT2D eigenvalue weighted by Crippen LogP contribution is -2.25. The highest BCUT2D eigenvalue weighted by atomic mass is 16.4. The first-order chi connectivity index (χ1) is 14.7. The number of amides is 1. The van der Waals surface area contributed by atoms with Gasteiger partial charge < -0.3 is 15.1 Å². The van der Waals surface area contributed by atoms with E-state index in [-0.39, 0.29) is 5.91 Å². The smallest absolute Gasteiger partial charge is 0.251 e. The van der Waals surface area contributed by atoms with E-state index in [2.05, 4.69) is 27.8 Å². The molecule has 3 aromatic rings. The van der Waals surface area contributed by atoms with Crippen molar-refractivity contribution in [3.05, 3.63) is 59.5 Å². The molecule has 0 aliphatic heterocycles. The molecule has 0 unspecified atom stereocenters. The molecule has 2 N–H and O–H groups in total. The molecule has 30 heavy (non-hydrogen) atoms. The topological polar surface area (TPSA) is 80.0 Å². The lowest BCUT2D eigenvalue weighted by atomic mass is 9.97. The molecule has 2 aliphatic rings. The van der Waals surface area contributed by atoms with Gasteiger partial charge in [0.25, 0.3) is 5.91 Å². The molecular weight excluding hydrogens is 376 g/mol. The van der Waals surface area contributed by atoms with Gasteiger partial charge in [-0.1, -0.05) is 18.2 Å². The number of rotatable bonds is 8. The van der Waals surface area contributed by atoms with Crippen molar-refractivity contribution in [2.75, 3.05) is 6.54 Å². The van der Waals surface area contributed by atoms with Crippen molar-refractivity contribution < 1.29 is 9.21 Å². The highest BCUT2D eigenvalue weighted by Crippen LogP contribution is 2.29. The molecule has 1 aromatic heterocycles. The van der Waals surface area contributed by atoms with E-state index in [4.69, 9.17) is 4.42 Å². The van der Waals surface area contributed by atoms with E-state index in [0.717, 1.165) is 47.6 Å². The normalized spacial score (nSPS) is 15.9. The Balaban J connectivity index is 1.29. The zero-order valence-electron chi connectivity index (χ0n) is 17.1. The first kappa shape index (κ1) is 19.0. The van der Waals surface area contributed by atoms with Crippen LogP contribution in [-0.2, 0) is 6.54 Å². The van der Waals surface area contributed by atoms with Gasteiger partial charge in [-0.25, -0.2) is 0 Å². The average Bonchev–Trinajstić information content (AvgIpc) is 3.69.